The molecule has 0 radical (unpaired) electrons. The topological polar surface area (TPSA) is 104 Å². The minimum atomic E-state index is -0.586. The first-order valence-electron chi connectivity index (χ1n) is 9.77. The Balaban J connectivity index is 1.74. The van der Waals surface area contributed by atoms with E-state index in [-0.39, 0.29) is 29.3 Å². The number of benzene rings is 1. The van der Waals surface area contributed by atoms with Gasteiger partial charge in [-0.05, 0) is 48.1 Å². The lowest BCUT2D eigenvalue weighted by Gasteiger charge is -2.22. The summed E-state index contributed by atoms with van der Waals surface area (Å²) >= 11 is 0. The van der Waals surface area contributed by atoms with Gasteiger partial charge in [-0.25, -0.2) is 9.37 Å². The summed E-state index contributed by atoms with van der Waals surface area (Å²) in [6.07, 6.45) is 2.53. The van der Waals surface area contributed by atoms with Crippen LogP contribution in [0.5, 0.6) is 0 Å². The van der Waals surface area contributed by atoms with Crippen LogP contribution in [0.25, 0.3) is 0 Å². The SMILES string of the molecule is CC(C)c1cc(Nc2ccc(F)c(C#N)c2)ncc1C(=O)NCC1CCOC(=O)C1. The highest BCUT2D eigenvalue weighted by Gasteiger charge is 2.22. The van der Waals surface area contributed by atoms with Crippen LogP contribution < -0.4 is 10.6 Å². The summed E-state index contributed by atoms with van der Waals surface area (Å²) in [5, 5.41) is 14.9. The van der Waals surface area contributed by atoms with Crippen molar-refractivity contribution >= 4 is 23.4 Å². The number of rotatable bonds is 6. The zero-order chi connectivity index (χ0) is 21.7. The van der Waals surface area contributed by atoms with Gasteiger partial charge in [0, 0.05) is 18.4 Å². The highest BCUT2D eigenvalue weighted by molar-refractivity contribution is 5.96. The van der Waals surface area contributed by atoms with E-state index in [4.69, 9.17) is 10.00 Å². The molecule has 156 valence electrons. The summed E-state index contributed by atoms with van der Waals surface area (Å²) < 4.78 is 18.4. The van der Waals surface area contributed by atoms with Gasteiger partial charge in [0.05, 0.1) is 24.2 Å². The Morgan fingerprint density at radius 3 is 2.90 bits per heavy atom. The number of cyclic esters (lactones) is 1. The fourth-order valence-corrected chi connectivity index (χ4v) is 3.29. The second-order valence-corrected chi connectivity index (χ2v) is 7.53. The van der Waals surface area contributed by atoms with Crippen LogP contribution in [0, 0.1) is 23.1 Å². The number of anilines is 2. The first-order valence-corrected chi connectivity index (χ1v) is 9.77. The van der Waals surface area contributed by atoms with Gasteiger partial charge in [-0.1, -0.05) is 13.8 Å². The van der Waals surface area contributed by atoms with Crippen LogP contribution in [0.15, 0.2) is 30.5 Å². The highest BCUT2D eigenvalue weighted by Crippen LogP contribution is 2.25. The number of nitriles is 1. The Kier molecular flexibility index (Phi) is 6.62. The van der Waals surface area contributed by atoms with E-state index in [2.05, 4.69) is 15.6 Å². The maximum absolute atomic E-state index is 13.5. The number of ether oxygens (including phenoxy) is 1. The largest absolute Gasteiger partial charge is 0.466 e. The third-order valence-electron chi connectivity index (χ3n) is 4.96. The van der Waals surface area contributed by atoms with Gasteiger partial charge in [-0.2, -0.15) is 5.26 Å². The molecule has 2 heterocycles. The van der Waals surface area contributed by atoms with Crippen molar-refractivity contribution in [3.8, 4) is 6.07 Å². The number of amides is 1. The smallest absolute Gasteiger partial charge is 0.306 e. The molecule has 1 aliphatic rings. The number of aromatic nitrogens is 1. The zero-order valence-electron chi connectivity index (χ0n) is 16.9. The molecule has 0 spiro atoms. The lowest BCUT2D eigenvalue weighted by molar-refractivity contribution is -0.149. The van der Waals surface area contributed by atoms with E-state index in [0.29, 0.717) is 36.6 Å². The lowest BCUT2D eigenvalue weighted by Crippen LogP contribution is -2.34. The number of hydrogen-bond donors (Lipinski definition) is 2. The van der Waals surface area contributed by atoms with Crippen LogP contribution in [0.3, 0.4) is 0 Å². The molecule has 2 aromatic rings. The molecule has 3 rings (SSSR count). The molecule has 1 atom stereocenters. The Morgan fingerprint density at radius 2 is 2.20 bits per heavy atom. The number of esters is 1. The van der Waals surface area contributed by atoms with Crippen molar-refractivity contribution in [1.82, 2.24) is 10.3 Å². The average molecular weight is 410 g/mol. The zero-order valence-corrected chi connectivity index (χ0v) is 16.9. The molecule has 1 unspecified atom stereocenters. The minimum absolute atomic E-state index is 0.0573. The summed E-state index contributed by atoms with van der Waals surface area (Å²) in [5.74, 6) is -0.454. The van der Waals surface area contributed by atoms with Crippen molar-refractivity contribution in [3.05, 3.63) is 53.0 Å². The van der Waals surface area contributed by atoms with Crippen molar-refractivity contribution in [2.24, 2.45) is 5.92 Å². The van der Waals surface area contributed by atoms with Crippen LogP contribution in [0.4, 0.5) is 15.9 Å². The van der Waals surface area contributed by atoms with Crippen molar-refractivity contribution in [3.63, 3.8) is 0 Å². The standard InChI is InChI=1S/C22H23FN4O3/c1-13(2)17-9-20(27-16-3-4-19(23)15(8-16)10-24)25-12-18(17)22(29)26-11-14-5-6-30-21(28)7-14/h3-4,8-9,12-14H,5-7,11H2,1-2H3,(H,25,27)(H,26,29). The molecule has 0 aliphatic carbocycles. The van der Waals surface area contributed by atoms with Crippen molar-refractivity contribution in [1.29, 1.82) is 5.26 Å². The number of carbonyl (C=O) groups excluding carboxylic acids is 2. The van der Waals surface area contributed by atoms with E-state index in [0.717, 1.165) is 12.0 Å². The van der Waals surface area contributed by atoms with Gasteiger partial charge in [0.2, 0.25) is 0 Å². The van der Waals surface area contributed by atoms with Gasteiger partial charge in [-0.15, -0.1) is 0 Å². The van der Waals surface area contributed by atoms with Gasteiger partial charge in [0.15, 0.2) is 0 Å². The van der Waals surface area contributed by atoms with Crippen LogP contribution in [-0.2, 0) is 9.53 Å². The summed E-state index contributed by atoms with van der Waals surface area (Å²) in [7, 11) is 0. The third kappa shape index (κ3) is 5.11. The summed E-state index contributed by atoms with van der Waals surface area (Å²) in [6, 6.07) is 7.71. The second-order valence-electron chi connectivity index (χ2n) is 7.53. The molecule has 1 aromatic carbocycles. The predicted molar refractivity (Wildman–Crippen MR) is 109 cm³/mol. The molecule has 1 fully saturated rings. The van der Waals surface area contributed by atoms with Gasteiger partial charge in [0.25, 0.3) is 5.91 Å². The molecule has 1 aliphatic heterocycles. The van der Waals surface area contributed by atoms with Gasteiger partial charge < -0.3 is 15.4 Å². The van der Waals surface area contributed by atoms with Crippen molar-refractivity contribution in [2.75, 3.05) is 18.5 Å². The number of nitrogens with one attached hydrogen (secondary N) is 2. The minimum Gasteiger partial charge on any atom is -0.466 e. The number of nitrogens with zero attached hydrogens (tertiary/aromatic N) is 2. The van der Waals surface area contributed by atoms with Gasteiger partial charge in [-0.3, -0.25) is 9.59 Å². The monoisotopic (exact) mass is 410 g/mol. The van der Waals surface area contributed by atoms with E-state index < -0.39 is 5.82 Å². The van der Waals surface area contributed by atoms with E-state index in [9.17, 15) is 14.0 Å². The molecular formula is C22H23FN4O3. The first kappa shape index (κ1) is 21.2. The van der Waals surface area contributed by atoms with Crippen molar-refractivity contribution in [2.45, 2.75) is 32.6 Å². The average Bonchev–Trinajstić information content (AvgIpc) is 2.73. The fourth-order valence-electron chi connectivity index (χ4n) is 3.29. The number of hydrogen-bond acceptors (Lipinski definition) is 6. The molecular weight excluding hydrogens is 387 g/mol. The second kappa shape index (κ2) is 9.35. The van der Waals surface area contributed by atoms with E-state index in [1.54, 1.807) is 12.1 Å². The summed E-state index contributed by atoms with van der Waals surface area (Å²) in [4.78, 5) is 28.4. The van der Waals surface area contributed by atoms with E-state index in [1.807, 2.05) is 13.8 Å². The molecule has 0 bridgehead atoms. The maximum atomic E-state index is 13.5. The Bertz CT molecular complexity index is 1000. The number of pyridine rings is 1. The number of halogens is 1. The van der Waals surface area contributed by atoms with Gasteiger partial charge in [0.1, 0.15) is 17.7 Å². The lowest BCUT2D eigenvalue weighted by atomic mass is 9.97. The molecule has 1 saturated heterocycles. The summed E-state index contributed by atoms with van der Waals surface area (Å²) in [5.41, 5.74) is 1.73. The van der Waals surface area contributed by atoms with Crippen LogP contribution in [-0.4, -0.2) is 30.0 Å². The molecule has 1 aromatic heterocycles. The number of carbonyl (C=O) groups is 2. The van der Waals surface area contributed by atoms with E-state index >= 15 is 0 Å². The van der Waals surface area contributed by atoms with E-state index in [1.165, 1.54) is 24.4 Å². The fraction of sp³-hybridized carbons (Fsp3) is 0.364. The Morgan fingerprint density at radius 1 is 1.40 bits per heavy atom. The molecule has 8 heteroatoms. The first-order chi connectivity index (χ1) is 14.4. The van der Waals surface area contributed by atoms with Crippen LogP contribution in [0.2, 0.25) is 0 Å². The Labute approximate surface area is 174 Å². The van der Waals surface area contributed by atoms with Crippen LogP contribution >= 0.6 is 0 Å². The molecule has 7 nitrogen and oxygen atoms in total. The molecule has 1 amide bonds. The predicted octanol–water partition coefficient (Wildman–Crippen LogP) is 3.64. The quantitative estimate of drug-likeness (QED) is 0.705. The Hall–Kier alpha value is -3.47. The molecule has 30 heavy (non-hydrogen) atoms. The highest BCUT2D eigenvalue weighted by atomic mass is 19.1. The summed E-state index contributed by atoms with van der Waals surface area (Å²) in [6.45, 7) is 4.73. The van der Waals surface area contributed by atoms with Gasteiger partial charge >= 0.3 is 5.97 Å². The molecule has 0 saturated carbocycles. The van der Waals surface area contributed by atoms with Crippen LogP contribution in [0.1, 0.15) is 54.1 Å². The normalized spacial score (nSPS) is 16.0. The third-order valence-corrected chi connectivity index (χ3v) is 4.96. The molecule has 2 N–H and O–H groups in total. The maximum Gasteiger partial charge on any atom is 0.306 e. The van der Waals surface area contributed by atoms with Crippen molar-refractivity contribution < 1.29 is 18.7 Å².